The van der Waals surface area contributed by atoms with Gasteiger partial charge in [-0.3, -0.25) is 4.99 Å². The number of aliphatic imine (C=N–C) groups is 1. The summed E-state index contributed by atoms with van der Waals surface area (Å²) in [7, 11) is 0. The monoisotopic (exact) mass is 413 g/mol. The van der Waals surface area contributed by atoms with Gasteiger partial charge < -0.3 is 5.11 Å². The molecule has 2 nitrogen and oxygen atoms in total. The molecule has 0 aromatic rings. The first-order valence-electron chi connectivity index (χ1n) is 13.1. The van der Waals surface area contributed by atoms with E-state index in [1.54, 1.807) is 11.1 Å². The summed E-state index contributed by atoms with van der Waals surface area (Å²) in [5.41, 5.74) is 5.56. The van der Waals surface area contributed by atoms with Gasteiger partial charge in [0.1, 0.15) is 0 Å². The molecule has 0 unspecified atom stereocenters. The molecule has 0 aromatic heterocycles. The van der Waals surface area contributed by atoms with Crippen LogP contribution in [-0.4, -0.2) is 23.5 Å². The normalized spacial score (nSPS) is 40.9. The van der Waals surface area contributed by atoms with Crippen molar-refractivity contribution in [3.63, 3.8) is 0 Å². The molecule has 170 valence electrons. The van der Waals surface area contributed by atoms with Crippen LogP contribution in [0, 0.1) is 40.4 Å². The lowest BCUT2D eigenvalue weighted by Crippen LogP contribution is -2.50. The minimum Gasteiger partial charge on any atom is -0.393 e. The quantitative estimate of drug-likeness (QED) is 0.507. The first-order valence-corrected chi connectivity index (χ1v) is 13.1. The molecule has 7 atom stereocenters. The highest BCUT2D eigenvalue weighted by atomic mass is 16.3. The first-order chi connectivity index (χ1) is 14.2. The lowest BCUT2D eigenvalue weighted by molar-refractivity contribution is 0.0238. The summed E-state index contributed by atoms with van der Waals surface area (Å²) >= 11 is 0. The fourth-order valence-electron chi connectivity index (χ4n) is 7.81. The Morgan fingerprint density at radius 2 is 1.73 bits per heavy atom. The number of allylic oxidation sites excluding steroid dienone is 2. The van der Waals surface area contributed by atoms with E-state index in [0.717, 1.165) is 43.1 Å². The summed E-state index contributed by atoms with van der Waals surface area (Å²) in [5, 5.41) is 10.3. The van der Waals surface area contributed by atoms with Crippen molar-refractivity contribution in [3.05, 3.63) is 11.1 Å². The molecular weight excluding hydrogens is 366 g/mol. The highest BCUT2D eigenvalue weighted by Gasteiger charge is 2.52. The van der Waals surface area contributed by atoms with Gasteiger partial charge in [-0.2, -0.15) is 0 Å². The predicted molar refractivity (Wildman–Crippen MR) is 128 cm³/mol. The van der Waals surface area contributed by atoms with Crippen molar-refractivity contribution < 1.29 is 5.11 Å². The smallest absolute Gasteiger partial charge is 0.0543 e. The predicted octanol–water partition coefficient (Wildman–Crippen LogP) is 7.21. The van der Waals surface area contributed by atoms with Gasteiger partial charge in [0.15, 0.2) is 0 Å². The third-order valence-corrected chi connectivity index (χ3v) is 10.4. The Hall–Kier alpha value is -0.630. The van der Waals surface area contributed by atoms with Gasteiger partial charge >= 0.3 is 0 Å². The molecule has 1 saturated carbocycles. The molecule has 1 fully saturated rings. The van der Waals surface area contributed by atoms with Gasteiger partial charge in [0.05, 0.1) is 6.10 Å². The molecule has 0 bridgehead atoms. The van der Waals surface area contributed by atoms with Gasteiger partial charge in [-0.15, -0.1) is 0 Å². The summed E-state index contributed by atoms with van der Waals surface area (Å²) in [6.07, 6.45) is 12.2. The minimum atomic E-state index is -0.0652. The molecule has 2 heteroatoms. The van der Waals surface area contributed by atoms with Crippen molar-refractivity contribution >= 4 is 5.71 Å². The Bertz CT molecular complexity index is 705. The van der Waals surface area contributed by atoms with Crippen molar-refractivity contribution in [2.75, 3.05) is 6.54 Å². The van der Waals surface area contributed by atoms with Crippen molar-refractivity contribution in [3.8, 4) is 0 Å². The average Bonchev–Trinajstić information content (AvgIpc) is 2.71. The Labute approximate surface area is 186 Å². The molecule has 0 radical (unpaired) electrons. The van der Waals surface area contributed by atoms with E-state index in [-0.39, 0.29) is 11.5 Å². The van der Waals surface area contributed by atoms with E-state index in [2.05, 4.69) is 41.5 Å². The Morgan fingerprint density at radius 3 is 2.47 bits per heavy atom. The topological polar surface area (TPSA) is 32.6 Å². The van der Waals surface area contributed by atoms with Crippen LogP contribution in [0.3, 0.4) is 0 Å². The molecule has 30 heavy (non-hydrogen) atoms. The number of aliphatic hydroxyl groups excluding tert-OH is 1. The Kier molecular flexibility index (Phi) is 6.30. The number of rotatable bonds is 5. The van der Waals surface area contributed by atoms with E-state index < -0.39 is 0 Å². The molecule has 0 aromatic carbocycles. The molecule has 4 rings (SSSR count). The largest absolute Gasteiger partial charge is 0.393 e. The third kappa shape index (κ3) is 3.74. The molecule has 4 aliphatic rings. The SMILES string of the molecule is CC(C)[C@@H](C)CC[C@@H](C)[C@H]1CCN=C2C3=C(CC[C@@]21C)[C@@]1(C)CC[C@H](O)C[C@@H]1CC3. The van der Waals surface area contributed by atoms with Crippen LogP contribution in [-0.2, 0) is 0 Å². The minimum absolute atomic E-state index is 0.0652. The van der Waals surface area contributed by atoms with Crippen molar-refractivity contribution in [1.29, 1.82) is 0 Å². The summed E-state index contributed by atoms with van der Waals surface area (Å²) in [6.45, 7) is 15.9. The van der Waals surface area contributed by atoms with Gasteiger partial charge in [0, 0.05) is 17.7 Å². The maximum atomic E-state index is 10.3. The van der Waals surface area contributed by atoms with Crippen LogP contribution in [0.15, 0.2) is 16.1 Å². The number of aliphatic hydroxyl groups is 1. The highest BCUT2D eigenvalue weighted by Crippen LogP contribution is 2.60. The van der Waals surface area contributed by atoms with Crippen LogP contribution < -0.4 is 0 Å². The van der Waals surface area contributed by atoms with Crippen LogP contribution in [0.2, 0.25) is 0 Å². The Balaban J connectivity index is 1.57. The fourth-order valence-corrected chi connectivity index (χ4v) is 7.81. The molecular formula is C28H47NO. The third-order valence-electron chi connectivity index (χ3n) is 10.4. The van der Waals surface area contributed by atoms with Crippen molar-refractivity contribution in [2.45, 2.75) is 112 Å². The highest BCUT2D eigenvalue weighted by molar-refractivity contribution is 6.06. The van der Waals surface area contributed by atoms with E-state index >= 15 is 0 Å². The van der Waals surface area contributed by atoms with Crippen LogP contribution in [0.25, 0.3) is 0 Å². The zero-order valence-electron chi connectivity index (χ0n) is 20.6. The number of fused-ring (bicyclic) bond motifs is 4. The van der Waals surface area contributed by atoms with Gasteiger partial charge in [-0.1, -0.05) is 60.0 Å². The lowest BCUT2D eigenvalue weighted by Gasteiger charge is -2.55. The zero-order chi connectivity index (χ0) is 21.7. The van der Waals surface area contributed by atoms with Gasteiger partial charge in [0.25, 0.3) is 0 Å². The van der Waals surface area contributed by atoms with E-state index in [1.165, 1.54) is 57.1 Å². The summed E-state index contributed by atoms with van der Waals surface area (Å²) in [6, 6.07) is 0. The molecule has 1 heterocycles. The second-order valence-electron chi connectivity index (χ2n) is 12.4. The van der Waals surface area contributed by atoms with Gasteiger partial charge in [-0.05, 0) is 91.9 Å². The standard InChI is InChI=1S/C28H47NO/c1-18(2)19(3)7-8-20(4)24-13-16-29-26-23-10-9-21-17-22(30)11-14-27(21,5)25(23)12-15-28(24,26)6/h18-22,24,30H,7-17H2,1-6H3/t19-,20+,21-,22-,24+,27-,28+/m0/s1. The number of nitrogens with zero attached hydrogens (tertiary/aromatic N) is 1. The maximum absolute atomic E-state index is 10.3. The van der Waals surface area contributed by atoms with Crippen LogP contribution in [0.1, 0.15) is 106 Å². The van der Waals surface area contributed by atoms with Gasteiger partial charge in [0.2, 0.25) is 0 Å². The summed E-state index contributed by atoms with van der Waals surface area (Å²) in [5.74, 6) is 3.89. The number of hydrogen-bond donors (Lipinski definition) is 1. The molecule has 0 amide bonds. The molecule has 0 spiro atoms. The molecule has 1 aliphatic heterocycles. The fraction of sp³-hybridized carbons (Fsp3) is 0.893. The zero-order valence-corrected chi connectivity index (χ0v) is 20.6. The van der Waals surface area contributed by atoms with E-state index in [0.29, 0.717) is 11.3 Å². The molecule has 1 N–H and O–H groups in total. The van der Waals surface area contributed by atoms with Crippen molar-refractivity contribution in [1.82, 2.24) is 0 Å². The average molecular weight is 414 g/mol. The van der Waals surface area contributed by atoms with Crippen LogP contribution >= 0.6 is 0 Å². The van der Waals surface area contributed by atoms with Crippen LogP contribution in [0.4, 0.5) is 0 Å². The molecule has 3 aliphatic carbocycles. The van der Waals surface area contributed by atoms with E-state index in [1.807, 2.05) is 0 Å². The van der Waals surface area contributed by atoms with E-state index in [4.69, 9.17) is 4.99 Å². The summed E-state index contributed by atoms with van der Waals surface area (Å²) in [4.78, 5) is 5.26. The lowest BCUT2D eigenvalue weighted by atomic mass is 9.50. The van der Waals surface area contributed by atoms with Crippen molar-refractivity contribution in [2.24, 2.45) is 45.4 Å². The van der Waals surface area contributed by atoms with Gasteiger partial charge in [-0.25, -0.2) is 0 Å². The Morgan fingerprint density at radius 1 is 0.967 bits per heavy atom. The van der Waals surface area contributed by atoms with E-state index in [9.17, 15) is 5.11 Å². The number of hydrogen-bond acceptors (Lipinski definition) is 2. The second kappa shape index (κ2) is 8.38. The maximum Gasteiger partial charge on any atom is 0.0543 e. The first kappa shape index (κ1) is 22.6. The second-order valence-corrected chi connectivity index (χ2v) is 12.4. The molecule has 0 saturated heterocycles. The summed E-state index contributed by atoms with van der Waals surface area (Å²) < 4.78 is 0. The van der Waals surface area contributed by atoms with Crippen LogP contribution in [0.5, 0.6) is 0 Å².